The normalized spacial score (nSPS) is 20.8. The second-order valence-electron chi connectivity index (χ2n) is 8.94. The maximum absolute atomic E-state index is 10.7. The summed E-state index contributed by atoms with van der Waals surface area (Å²) >= 11 is 0. The molecule has 1 aromatic carbocycles. The third kappa shape index (κ3) is 4.57. The average molecular weight is 460 g/mol. The molecule has 0 unspecified atom stereocenters. The molecule has 0 spiro atoms. The lowest BCUT2D eigenvalue weighted by Crippen LogP contribution is -2.40. The number of hydrogen-bond donors (Lipinski definition) is 3. The first-order valence-electron chi connectivity index (χ1n) is 11.6. The third-order valence-corrected chi connectivity index (χ3v) is 6.36. The van der Waals surface area contributed by atoms with Crippen molar-refractivity contribution in [2.75, 3.05) is 5.32 Å². The molecule has 0 amide bonds. The van der Waals surface area contributed by atoms with E-state index in [1.165, 1.54) is 0 Å². The summed E-state index contributed by atoms with van der Waals surface area (Å²) in [4.78, 5) is 9.54. The van der Waals surface area contributed by atoms with E-state index in [0.29, 0.717) is 18.1 Å². The van der Waals surface area contributed by atoms with E-state index < -0.39 is 12.2 Å². The smallest absolute Gasteiger partial charge is 0.161 e. The van der Waals surface area contributed by atoms with Crippen molar-refractivity contribution >= 4 is 5.82 Å². The molecule has 1 saturated carbocycles. The maximum atomic E-state index is 10.7. The Morgan fingerprint density at radius 2 is 1.59 bits per heavy atom. The van der Waals surface area contributed by atoms with Crippen LogP contribution in [0.1, 0.15) is 25.7 Å². The van der Waals surface area contributed by atoms with Crippen LogP contribution in [0, 0.1) is 0 Å². The first-order chi connectivity index (χ1) is 16.5. The molecule has 1 fully saturated rings. The largest absolute Gasteiger partial charge is 0.390 e. The lowest BCUT2D eigenvalue weighted by atomic mass is 10.0. The van der Waals surface area contributed by atoms with Crippen LogP contribution in [0.25, 0.3) is 33.6 Å². The van der Waals surface area contributed by atoms with Crippen molar-refractivity contribution in [3.8, 4) is 33.6 Å². The molecule has 3 heterocycles. The topological polar surface area (TPSA) is 114 Å². The predicted octanol–water partition coefficient (Wildman–Crippen LogP) is 3.02. The van der Waals surface area contributed by atoms with Crippen LogP contribution in [0.15, 0.2) is 55.2 Å². The van der Waals surface area contributed by atoms with Gasteiger partial charge in [-0.3, -0.25) is 9.36 Å². The number of aryl methyl sites for hydroxylation is 2. The first-order valence-corrected chi connectivity index (χ1v) is 11.6. The predicted molar refractivity (Wildman–Crippen MR) is 130 cm³/mol. The van der Waals surface area contributed by atoms with Gasteiger partial charge in [0, 0.05) is 54.9 Å². The van der Waals surface area contributed by atoms with Gasteiger partial charge in [-0.2, -0.15) is 10.2 Å². The molecule has 3 aromatic heterocycles. The molecule has 3 N–H and O–H groups in total. The fraction of sp³-hybridized carbons (Fsp3) is 0.360. The quantitative estimate of drug-likeness (QED) is 0.393. The SMILES string of the molecule is Cn1cc(-c2cccc(-c3ncc(-c4cnn(C)c4)c(N[C@H]4CCCC[C@H](O)[C@@H]4O)n3)c2)cn1. The average Bonchev–Trinajstić information content (AvgIpc) is 3.44. The highest BCUT2D eigenvalue weighted by molar-refractivity contribution is 5.76. The second kappa shape index (κ2) is 9.36. The molecule has 34 heavy (non-hydrogen) atoms. The lowest BCUT2D eigenvalue weighted by Gasteiger charge is -2.26. The van der Waals surface area contributed by atoms with Crippen molar-refractivity contribution in [1.82, 2.24) is 29.5 Å². The zero-order valence-corrected chi connectivity index (χ0v) is 19.3. The monoisotopic (exact) mass is 459 g/mol. The number of rotatable bonds is 5. The molecule has 4 aromatic rings. The summed E-state index contributed by atoms with van der Waals surface area (Å²) in [6.45, 7) is 0. The minimum atomic E-state index is -0.864. The fourth-order valence-electron chi connectivity index (χ4n) is 4.47. The highest BCUT2D eigenvalue weighted by Gasteiger charge is 2.29. The number of aliphatic hydroxyl groups excluding tert-OH is 2. The summed E-state index contributed by atoms with van der Waals surface area (Å²) in [6.07, 6.45) is 10.8. The Labute approximate surface area is 198 Å². The van der Waals surface area contributed by atoms with Gasteiger partial charge >= 0.3 is 0 Å². The summed E-state index contributed by atoms with van der Waals surface area (Å²) in [6, 6.07) is 7.73. The van der Waals surface area contributed by atoms with Crippen molar-refractivity contribution in [3.05, 3.63) is 55.2 Å². The molecule has 9 heteroatoms. The molecule has 1 aliphatic rings. The van der Waals surface area contributed by atoms with Crippen LogP contribution in [0.5, 0.6) is 0 Å². The van der Waals surface area contributed by atoms with Crippen LogP contribution in [0.2, 0.25) is 0 Å². The Hall–Kier alpha value is -3.56. The van der Waals surface area contributed by atoms with Crippen LogP contribution < -0.4 is 5.32 Å². The Bertz CT molecular complexity index is 1280. The minimum Gasteiger partial charge on any atom is -0.390 e. The van der Waals surface area contributed by atoms with E-state index in [9.17, 15) is 10.2 Å². The van der Waals surface area contributed by atoms with Crippen LogP contribution in [-0.4, -0.2) is 58.0 Å². The van der Waals surface area contributed by atoms with Gasteiger partial charge < -0.3 is 15.5 Å². The van der Waals surface area contributed by atoms with Gasteiger partial charge in [-0.25, -0.2) is 9.97 Å². The number of nitrogens with zero attached hydrogens (tertiary/aromatic N) is 6. The second-order valence-corrected chi connectivity index (χ2v) is 8.94. The molecule has 1 aliphatic carbocycles. The van der Waals surface area contributed by atoms with Crippen molar-refractivity contribution in [3.63, 3.8) is 0 Å². The molecule has 5 rings (SSSR count). The van der Waals surface area contributed by atoms with E-state index in [2.05, 4.69) is 20.5 Å². The van der Waals surface area contributed by atoms with Crippen LogP contribution in [0.4, 0.5) is 5.82 Å². The van der Waals surface area contributed by atoms with Crippen LogP contribution >= 0.6 is 0 Å². The van der Waals surface area contributed by atoms with Gasteiger partial charge in [-0.15, -0.1) is 0 Å². The van der Waals surface area contributed by atoms with Gasteiger partial charge in [0.05, 0.1) is 30.6 Å². The number of nitrogens with one attached hydrogen (secondary N) is 1. The zero-order valence-electron chi connectivity index (χ0n) is 19.3. The fourth-order valence-corrected chi connectivity index (χ4v) is 4.47. The van der Waals surface area contributed by atoms with Gasteiger partial charge in [0.1, 0.15) is 5.82 Å². The third-order valence-electron chi connectivity index (χ3n) is 6.36. The van der Waals surface area contributed by atoms with E-state index >= 15 is 0 Å². The van der Waals surface area contributed by atoms with Gasteiger partial charge in [0.2, 0.25) is 0 Å². The van der Waals surface area contributed by atoms with Crippen molar-refractivity contribution in [2.24, 2.45) is 14.1 Å². The lowest BCUT2D eigenvalue weighted by molar-refractivity contribution is 0.00947. The summed E-state index contributed by atoms with van der Waals surface area (Å²) in [5.74, 6) is 1.19. The Kier molecular flexibility index (Phi) is 6.12. The van der Waals surface area contributed by atoms with Crippen molar-refractivity contribution < 1.29 is 10.2 Å². The van der Waals surface area contributed by atoms with Crippen molar-refractivity contribution in [2.45, 2.75) is 43.9 Å². The van der Waals surface area contributed by atoms with E-state index in [1.54, 1.807) is 21.8 Å². The standard InChI is InChI=1S/C25H29N7O2/c1-31-14-18(11-27-31)16-6-5-7-17(10-16)24-26-13-20(19-12-28-32(2)15-19)25(30-24)29-21-8-3-4-9-22(33)23(21)34/h5-7,10-15,21-23,33-34H,3-4,8-9H2,1-2H3,(H,26,29,30)/t21-,22-,23+/m0/s1. The zero-order chi connectivity index (χ0) is 23.7. The van der Waals surface area contributed by atoms with Gasteiger partial charge in [-0.05, 0) is 24.5 Å². The molecule has 9 nitrogen and oxygen atoms in total. The number of hydrogen-bond acceptors (Lipinski definition) is 7. The van der Waals surface area contributed by atoms with Crippen molar-refractivity contribution in [1.29, 1.82) is 0 Å². The van der Waals surface area contributed by atoms with E-state index in [0.717, 1.165) is 47.1 Å². The Morgan fingerprint density at radius 3 is 2.32 bits per heavy atom. The highest BCUT2D eigenvalue weighted by Crippen LogP contribution is 2.31. The number of aliphatic hydroxyl groups is 2. The van der Waals surface area contributed by atoms with Crippen LogP contribution in [0.3, 0.4) is 0 Å². The van der Waals surface area contributed by atoms with E-state index in [1.807, 2.05) is 57.0 Å². The summed E-state index contributed by atoms with van der Waals surface area (Å²) in [7, 11) is 3.76. The van der Waals surface area contributed by atoms with E-state index in [-0.39, 0.29) is 6.04 Å². The summed E-state index contributed by atoms with van der Waals surface area (Å²) in [5.41, 5.74) is 4.60. The molecule has 0 bridgehead atoms. The molecular weight excluding hydrogens is 430 g/mol. The number of benzene rings is 1. The first kappa shape index (κ1) is 22.2. The van der Waals surface area contributed by atoms with Crippen LogP contribution in [-0.2, 0) is 14.1 Å². The Balaban J connectivity index is 1.54. The number of aromatic nitrogens is 6. The van der Waals surface area contributed by atoms with Gasteiger partial charge in [-0.1, -0.05) is 31.0 Å². The Morgan fingerprint density at radius 1 is 0.882 bits per heavy atom. The molecule has 0 radical (unpaired) electrons. The molecular formula is C25H29N7O2. The molecule has 0 saturated heterocycles. The maximum Gasteiger partial charge on any atom is 0.161 e. The van der Waals surface area contributed by atoms with Gasteiger partial charge in [0.15, 0.2) is 5.82 Å². The molecule has 176 valence electrons. The minimum absolute atomic E-state index is 0.308. The molecule has 0 aliphatic heterocycles. The number of anilines is 1. The summed E-state index contributed by atoms with van der Waals surface area (Å²) in [5, 5.41) is 33.0. The van der Waals surface area contributed by atoms with Gasteiger partial charge in [0.25, 0.3) is 0 Å². The summed E-state index contributed by atoms with van der Waals surface area (Å²) < 4.78 is 3.50. The molecule has 3 atom stereocenters. The van der Waals surface area contributed by atoms with E-state index in [4.69, 9.17) is 4.98 Å². The highest BCUT2D eigenvalue weighted by atomic mass is 16.3.